The number of sulfone groups is 1. The molecule has 0 atom stereocenters. The van der Waals surface area contributed by atoms with Crippen LogP contribution in [0.3, 0.4) is 0 Å². The van der Waals surface area contributed by atoms with E-state index in [2.05, 4.69) is 11.9 Å². The van der Waals surface area contributed by atoms with Crippen molar-refractivity contribution in [2.45, 2.75) is 10.7 Å². The molecule has 1 aromatic rings. The zero-order chi connectivity index (χ0) is 13.1. The molecule has 0 heterocycles. The van der Waals surface area contributed by atoms with Crippen LogP contribution in [0.25, 0.3) is 0 Å². The zero-order valence-corrected chi connectivity index (χ0v) is 10.2. The van der Waals surface area contributed by atoms with Gasteiger partial charge in [-0.3, -0.25) is 0 Å². The highest BCUT2D eigenvalue weighted by atomic mass is 35.5. The Hall–Kier alpha value is -1.14. The summed E-state index contributed by atoms with van der Waals surface area (Å²) in [6.45, 7) is 3.50. The first kappa shape index (κ1) is 13.9. The molecule has 0 fully saturated rings. The van der Waals surface area contributed by atoms with Gasteiger partial charge < -0.3 is 5.32 Å². The average molecular weight is 282 g/mol. The Balaban J connectivity index is 3.12. The number of hydrogen-bond donors (Lipinski definition) is 1. The maximum absolute atomic E-state index is 12.4. The molecule has 0 aliphatic carbocycles. The number of alkyl halides is 2. The summed E-state index contributed by atoms with van der Waals surface area (Å²) in [4.78, 5) is -0.451. The second-order valence-corrected chi connectivity index (χ2v) is 5.59. The van der Waals surface area contributed by atoms with E-state index in [0.29, 0.717) is 0 Å². The predicted molar refractivity (Wildman–Crippen MR) is 63.1 cm³/mol. The summed E-state index contributed by atoms with van der Waals surface area (Å²) in [6.07, 6.45) is 0. The van der Waals surface area contributed by atoms with E-state index in [1.54, 1.807) is 0 Å². The molecule has 17 heavy (non-hydrogen) atoms. The lowest BCUT2D eigenvalue weighted by Gasteiger charge is -2.11. The van der Waals surface area contributed by atoms with E-state index in [-0.39, 0.29) is 17.3 Å². The summed E-state index contributed by atoms with van der Waals surface area (Å²) in [5, 5.41) is 2.87. The molecule has 0 aliphatic rings. The van der Waals surface area contributed by atoms with Crippen LogP contribution >= 0.6 is 11.6 Å². The standard InChI is InChI=1S/C10H10ClF2NO2S/c1-7(11)6-14-8-4-2-3-5-9(8)17(15,16)10(12)13/h2-5,10,14H,1,6H2. The number of anilines is 1. The predicted octanol–water partition coefficient (Wildman–Crippen LogP) is 2.85. The van der Waals surface area contributed by atoms with Crippen LogP contribution in [-0.4, -0.2) is 20.7 Å². The molecule has 0 aliphatic heterocycles. The molecule has 0 aromatic heterocycles. The van der Waals surface area contributed by atoms with Crippen molar-refractivity contribution < 1.29 is 17.2 Å². The van der Waals surface area contributed by atoms with E-state index in [0.717, 1.165) is 6.07 Å². The van der Waals surface area contributed by atoms with Gasteiger partial charge in [-0.15, -0.1) is 0 Å². The van der Waals surface area contributed by atoms with Gasteiger partial charge in [-0.1, -0.05) is 30.3 Å². The third-order valence-corrected chi connectivity index (χ3v) is 3.47. The van der Waals surface area contributed by atoms with Crippen molar-refractivity contribution in [2.75, 3.05) is 11.9 Å². The van der Waals surface area contributed by atoms with Crippen molar-refractivity contribution in [3.63, 3.8) is 0 Å². The first-order valence-corrected chi connectivity index (χ1v) is 6.46. The van der Waals surface area contributed by atoms with Crippen LogP contribution in [0.5, 0.6) is 0 Å². The van der Waals surface area contributed by atoms with E-state index in [4.69, 9.17) is 11.6 Å². The molecule has 0 spiro atoms. The normalized spacial score (nSPS) is 11.5. The van der Waals surface area contributed by atoms with Crippen LogP contribution in [0.1, 0.15) is 0 Å². The molecule has 1 aromatic carbocycles. The van der Waals surface area contributed by atoms with E-state index in [1.807, 2.05) is 0 Å². The van der Waals surface area contributed by atoms with Gasteiger partial charge in [0.15, 0.2) is 0 Å². The van der Waals surface area contributed by atoms with Crippen LogP contribution in [0.4, 0.5) is 14.5 Å². The van der Waals surface area contributed by atoms with Crippen LogP contribution in [-0.2, 0) is 9.84 Å². The second-order valence-electron chi connectivity index (χ2n) is 3.17. The molecule has 0 unspecified atom stereocenters. The topological polar surface area (TPSA) is 46.2 Å². The van der Waals surface area contributed by atoms with Crippen molar-refractivity contribution >= 4 is 27.1 Å². The lowest BCUT2D eigenvalue weighted by atomic mass is 10.3. The maximum Gasteiger partial charge on any atom is 0.341 e. The smallest absolute Gasteiger partial charge is 0.341 e. The molecule has 0 radical (unpaired) electrons. The van der Waals surface area contributed by atoms with Gasteiger partial charge in [0.1, 0.15) is 0 Å². The van der Waals surface area contributed by atoms with Crippen molar-refractivity contribution in [1.82, 2.24) is 0 Å². The summed E-state index contributed by atoms with van der Waals surface area (Å²) < 4.78 is 47.5. The van der Waals surface area contributed by atoms with Crippen molar-refractivity contribution in [1.29, 1.82) is 0 Å². The Morgan fingerprint density at radius 2 is 2.00 bits per heavy atom. The molecule has 0 saturated heterocycles. The zero-order valence-electron chi connectivity index (χ0n) is 8.66. The fourth-order valence-corrected chi connectivity index (χ4v) is 2.12. The van der Waals surface area contributed by atoms with E-state index < -0.39 is 20.5 Å². The summed E-state index contributed by atoms with van der Waals surface area (Å²) in [7, 11) is -4.62. The minimum atomic E-state index is -4.62. The Bertz CT molecular complexity index is 517. The summed E-state index contributed by atoms with van der Waals surface area (Å²) in [5.74, 6) is -3.45. The highest BCUT2D eigenvalue weighted by Crippen LogP contribution is 2.26. The van der Waals surface area contributed by atoms with Crippen LogP contribution in [0.15, 0.2) is 40.8 Å². The van der Waals surface area contributed by atoms with Crippen LogP contribution in [0, 0.1) is 0 Å². The molecular weight excluding hydrogens is 272 g/mol. The summed E-state index contributed by atoms with van der Waals surface area (Å²) >= 11 is 5.50. The third-order valence-electron chi connectivity index (χ3n) is 1.90. The number of nitrogens with one attached hydrogen (secondary N) is 1. The first-order valence-electron chi connectivity index (χ1n) is 4.54. The molecule has 1 rings (SSSR count). The van der Waals surface area contributed by atoms with Crippen molar-refractivity contribution in [2.24, 2.45) is 0 Å². The SMILES string of the molecule is C=C(Cl)CNc1ccccc1S(=O)(=O)C(F)F. The lowest BCUT2D eigenvalue weighted by Crippen LogP contribution is -2.14. The van der Waals surface area contributed by atoms with Gasteiger partial charge in [-0.25, -0.2) is 8.42 Å². The molecule has 1 N–H and O–H groups in total. The van der Waals surface area contributed by atoms with Crippen LogP contribution < -0.4 is 5.32 Å². The monoisotopic (exact) mass is 281 g/mol. The van der Waals surface area contributed by atoms with Gasteiger partial charge in [-0.05, 0) is 12.1 Å². The van der Waals surface area contributed by atoms with Crippen molar-refractivity contribution in [3.8, 4) is 0 Å². The van der Waals surface area contributed by atoms with Gasteiger partial charge in [0.2, 0.25) is 9.84 Å². The highest BCUT2D eigenvalue weighted by Gasteiger charge is 2.28. The fraction of sp³-hybridized carbons (Fsp3) is 0.200. The van der Waals surface area contributed by atoms with Crippen molar-refractivity contribution in [3.05, 3.63) is 35.9 Å². The molecular formula is C10H10ClF2NO2S. The van der Waals surface area contributed by atoms with E-state index in [1.165, 1.54) is 18.2 Å². The van der Waals surface area contributed by atoms with Crippen LogP contribution in [0.2, 0.25) is 0 Å². The molecule has 0 amide bonds. The van der Waals surface area contributed by atoms with E-state index in [9.17, 15) is 17.2 Å². The third kappa shape index (κ3) is 3.41. The van der Waals surface area contributed by atoms with Gasteiger partial charge in [-0.2, -0.15) is 8.78 Å². The first-order chi connectivity index (χ1) is 7.85. The van der Waals surface area contributed by atoms with Gasteiger partial charge in [0.25, 0.3) is 0 Å². The molecule has 0 bridgehead atoms. The lowest BCUT2D eigenvalue weighted by molar-refractivity contribution is 0.235. The molecule has 7 heteroatoms. The Morgan fingerprint density at radius 3 is 2.53 bits per heavy atom. The second kappa shape index (κ2) is 5.46. The van der Waals surface area contributed by atoms with Gasteiger partial charge in [0, 0.05) is 5.03 Å². The Kier molecular flexibility index (Phi) is 4.47. The van der Waals surface area contributed by atoms with Gasteiger partial charge >= 0.3 is 5.76 Å². The average Bonchev–Trinajstić information content (AvgIpc) is 2.26. The molecule has 3 nitrogen and oxygen atoms in total. The number of hydrogen-bond acceptors (Lipinski definition) is 3. The minimum Gasteiger partial charge on any atom is -0.379 e. The molecule has 0 saturated carbocycles. The van der Waals surface area contributed by atoms with Gasteiger partial charge in [0.05, 0.1) is 17.1 Å². The maximum atomic E-state index is 12.4. The number of rotatable bonds is 5. The Labute approximate surface area is 103 Å². The number of para-hydroxylation sites is 1. The molecule has 94 valence electrons. The largest absolute Gasteiger partial charge is 0.379 e. The quantitative estimate of drug-likeness (QED) is 0.903. The highest BCUT2D eigenvalue weighted by molar-refractivity contribution is 7.91. The Morgan fingerprint density at radius 1 is 1.41 bits per heavy atom. The fourth-order valence-electron chi connectivity index (χ4n) is 1.15. The summed E-state index contributed by atoms with van der Waals surface area (Å²) in [5.41, 5.74) is 0.0783. The minimum absolute atomic E-state index is 0.0783. The number of halogens is 3. The van der Waals surface area contributed by atoms with E-state index >= 15 is 0 Å². The summed E-state index contributed by atoms with van der Waals surface area (Å²) in [6, 6.07) is 5.40. The number of benzene rings is 1.